The minimum Gasteiger partial charge on any atom is -0.294 e. The van der Waals surface area contributed by atoms with Crippen LogP contribution in [0.1, 0.15) is 36.5 Å². The number of nitrogens with zero attached hydrogens (tertiary/aromatic N) is 2. The summed E-state index contributed by atoms with van der Waals surface area (Å²) in [7, 11) is -3.40. The lowest BCUT2D eigenvalue weighted by molar-refractivity contribution is 0.0979. The molecule has 0 aliphatic heterocycles. The molecule has 0 spiro atoms. The van der Waals surface area contributed by atoms with Crippen molar-refractivity contribution >= 4 is 15.6 Å². The Morgan fingerprint density at radius 2 is 1.88 bits per heavy atom. The van der Waals surface area contributed by atoms with E-state index in [1.165, 1.54) is 12.4 Å². The van der Waals surface area contributed by atoms with Crippen molar-refractivity contribution < 1.29 is 13.2 Å². The van der Waals surface area contributed by atoms with Gasteiger partial charge in [-0.2, -0.15) is 0 Å². The maximum atomic E-state index is 11.5. The Morgan fingerprint density at radius 1 is 1.31 bits per heavy atom. The highest BCUT2D eigenvalue weighted by molar-refractivity contribution is 7.90. The Labute approximate surface area is 94.8 Å². The first-order valence-electron chi connectivity index (χ1n) is 5.00. The van der Waals surface area contributed by atoms with Gasteiger partial charge in [0.15, 0.2) is 5.78 Å². The van der Waals surface area contributed by atoms with Crippen LogP contribution < -0.4 is 0 Å². The quantitative estimate of drug-likeness (QED) is 0.573. The summed E-state index contributed by atoms with van der Waals surface area (Å²) in [5, 5.41) is -0.250. The number of hydrogen-bond donors (Lipinski definition) is 0. The molecule has 0 amide bonds. The van der Waals surface area contributed by atoms with Crippen LogP contribution in [-0.2, 0) is 9.84 Å². The lowest BCUT2D eigenvalue weighted by atomic mass is 10.1. The number of rotatable bonds is 5. The van der Waals surface area contributed by atoms with E-state index in [9.17, 15) is 13.2 Å². The van der Waals surface area contributed by atoms with Crippen molar-refractivity contribution in [2.75, 3.05) is 6.26 Å². The summed E-state index contributed by atoms with van der Waals surface area (Å²) < 4.78 is 22.2. The Balaban J connectivity index is 2.83. The number of hydrogen-bond acceptors (Lipinski definition) is 5. The number of carbonyl (C=O) groups is 1. The molecular weight excluding hydrogens is 228 g/mol. The van der Waals surface area contributed by atoms with Crippen LogP contribution in [0.4, 0.5) is 0 Å². The molecule has 0 aliphatic rings. The van der Waals surface area contributed by atoms with E-state index < -0.39 is 9.84 Å². The maximum Gasteiger partial charge on any atom is 0.246 e. The van der Waals surface area contributed by atoms with Gasteiger partial charge in [-0.3, -0.25) is 4.79 Å². The molecule has 16 heavy (non-hydrogen) atoms. The normalized spacial score (nSPS) is 11.4. The average molecular weight is 242 g/mol. The third-order valence-electron chi connectivity index (χ3n) is 2.04. The first-order chi connectivity index (χ1) is 7.45. The molecule has 1 rings (SSSR count). The second-order valence-corrected chi connectivity index (χ2v) is 5.46. The average Bonchev–Trinajstić information content (AvgIpc) is 2.25. The van der Waals surface area contributed by atoms with E-state index >= 15 is 0 Å². The topological polar surface area (TPSA) is 77.0 Å². The van der Waals surface area contributed by atoms with Crippen LogP contribution in [0.15, 0.2) is 17.6 Å². The summed E-state index contributed by atoms with van der Waals surface area (Å²) in [6, 6.07) is 0. The summed E-state index contributed by atoms with van der Waals surface area (Å²) in [4.78, 5) is 18.9. The smallest absolute Gasteiger partial charge is 0.246 e. The molecule has 0 saturated carbocycles. The van der Waals surface area contributed by atoms with Crippen molar-refractivity contribution in [2.45, 2.75) is 31.3 Å². The molecule has 0 atom stereocenters. The van der Waals surface area contributed by atoms with Gasteiger partial charge in [0.05, 0.1) is 5.56 Å². The van der Waals surface area contributed by atoms with Gasteiger partial charge < -0.3 is 0 Å². The molecular formula is C10H14N2O3S. The second-order valence-electron chi connectivity index (χ2n) is 3.55. The van der Waals surface area contributed by atoms with Crippen molar-refractivity contribution in [3.8, 4) is 0 Å². The van der Waals surface area contributed by atoms with E-state index in [-0.39, 0.29) is 10.9 Å². The van der Waals surface area contributed by atoms with Crippen LogP contribution in [0.2, 0.25) is 0 Å². The first kappa shape index (κ1) is 12.8. The molecule has 0 aromatic carbocycles. The maximum absolute atomic E-state index is 11.5. The fourth-order valence-corrected chi connectivity index (χ4v) is 1.62. The predicted octanol–water partition coefficient (Wildman–Crippen LogP) is 1.25. The molecule has 5 nitrogen and oxygen atoms in total. The Kier molecular flexibility index (Phi) is 4.12. The number of Topliss-reactive ketones (excluding diaryl/α,β-unsaturated/α-hetero) is 1. The van der Waals surface area contributed by atoms with Crippen molar-refractivity contribution in [1.82, 2.24) is 9.97 Å². The summed E-state index contributed by atoms with van der Waals surface area (Å²) in [5.74, 6) is -0.0538. The Morgan fingerprint density at radius 3 is 2.31 bits per heavy atom. The SMILES string of the molecule is CCCCC(=O)c1cnc(S(C)(=O)=O)nc1. The van der Waals surface area contributed by atoms with Gasteiger partial charge >= 0.3 is 0 Å². The van der Waals surface area contributed by atoms with Gasteiger partial charge in [-0.25, -0.2) is 18.4 Å². The lowest BCUT2D eigenvalue weighted by Crippen LogP contribution is -2.07. The highest BCUT2D eigenvalue weighted by atomic mass is 32.2. The highest BCUT2D eigenvalue weighted by Crippen LogP contribution is 2.06. The molecule has 6 heteroatoms. The second kappa shape index (κ2) is 5.16. The molecule has 88 valence electrons. The minimum atomic E-state index is -3.40. The number of unbranched alkanes of at least 4 members (excludes halogenated alkanes) is 1. The summed E-state index contributed by atoms with van der Waals surface area (Å²) in [5.41, 5.74) is 0.362. The summed E-state index contributed by atoms with van der Waals surface area (Å²) in [6.07, 6.45) is 5.75. The Bertz CT molecular complexity index is 465. The van der Waals surface area contributed by atoms with E-state index in [4.69, 9.17) is 0 Å². The largest absolute Gasteiger partial charge is 0.294 e. The van der Waals surface area contributed by atoms with Crippen LogP contribution >= 0.6 is 0 Å². The first-order valence-corrected chi connectivity index (χ1v) is 6.89. The molecule has 0 N–H and O–H groups in total. The lowest BCUT2D eigenvalue weighted by Gasteiger charge is -2.00. The monoisotopic (exact) mass is 242 g/mol. The zero-order valence-electron chi connectivity index (χ0n) is 9.30. The van der Waals surface area contributed by atoms with Crippen molar-refractivity contribution in [2.24, 2.45) is 0 Å². The van der Waals surface area contributed by atoms with Gasteiger partial charge in [-0.15, -0.1) is 0 Å². The molecule has 0 fully saturated rings. The molecule has 0 unspecified atom stereocenters. The minimum absolute atomic E-state index is 0.0538. The highest BCUT2D eigenvalue weighted by Gasteiger charge is 2.12. The third-order valence-corrected chi connectivity index (χ3v) is 2.91. The van der Waals surface area contributed by atoms with Crippen molar-refractivity contribution in [3.05, 3.63) is 18.0 Å². The molecule has 1 aromatic rings. The molecule has 0 aliphatic carbocycles. The zero-order chi connectivity index (χ0) is 12.2. The number of sulfone groups is 1. The van der Waals surface area contributed by atoms with E-state index in [1.54, 1.807) is 0 Å². The molecule has 0 saturated heterocycles. The van der Waals surface area contributed by atoms with E-state index in [0.29, 0.717) is 12.0 Å². The van der Waals surface area contributed by atoms with Crippen LogP contribution in [-0.4, -0.2) is 30.4 Å². The van der Waals surface area contributed by atoms with Crippen LogP contribution in [0.25, 0.3) is 0 Å². The molecule has 1 heterocycles. The van der Waals surface area contributed by atoms with E-state index in [0.717, 1.165) is 19.1 Å². The number of carbonyl (C=O) groups excluding carboxylic acids is 1. The fraction of sp³-hybridized carbons (Fsp3) is 0.500. The van der Waals surface area contributed by atoms with Crippen molar-refractivity contribution in [3.63, 3.8) is 0 Å². The third kappa shape index (κ3) is 3.37. The standard InChI is InChI=1S/C10H14N2O3S/c1-3-4-5-9(13)8-6-11-10(12-7-8)16(2,14)15/h6-7H,3-5H2,1-2H3. The van der Waals surface area contributed by atoms with Gasteiger partial charge in [0.2, 0.25) is 15.0 Å². The Hall–Kier alpha value is -1.30. The zero-order valence-corrected chi connectivity index (χ0v) is 10.1. The number of aromatic nitrogens is 2. The predicted molar refractivity (Wildman–Crippen MR) is 59.0 cm³/mol. The van der Waals surface area contributed by atoms with E-state index in [1.807, 2.05) is 6.92 Å². The van der Waals surface area contributed by atoms with Crippen molar-refractivity contribution in [1.29, 1.82) is 0 Å². The fourth-order valence-electron chi connectivity index (χ4n) is 1.13. The van der Waals surface area contributed by atoms with Crippen LogP contribution in [0.3, 0.4) is 0 Å². The molecule has 1 aromatic heterocycles. The number of ketones is 1. The summed E-state index contributed by atoms with van der Waals surface area (Å²) in [6.45, 7) is 2.00. The van der Waals surface area contributed by atoms with Gasteiger partial charge in [-0.1, -0.05) is 13.3 Å². The van der Waals surface area contributed by atoms with Crippen LogP contribution in [0.5, 0.6) is 0 Å². The molecule has 0 bridgehead atoms. The van der Waals surface area contributed by atoms with E-state index in [2.05, 4.69) is 9.97 Å². The summed E-state index contributed by atoms with van der Waals surface area (Å²) >= 11 is 0. The van der Waals surface area contributed by atoms with Gasteiger partial charge in [0, 0.05) is 25.1 Å². The molecule has 0 radical (unpaired) electrons. The van der Waals surface area contributed by atoms with Gasteiger partial charge in [-0.05, 0) is 6.42 Å². The van der Waals surface area contributed by atoms with Crippen LogP contribution in [0, 0.1) is 0 Å². The van der Waals surface area contributed by atoms with Gasteiger partial charge in [0.25, 0.3) is 0 Å². The van der Waals surface area contributed by atoms with Gasteiger partial charge in [0.1, 0.15) is 0 Å².